The smallest absolute Gasteiger partial charge is 0.292 e. The van der Waals surface area contributed by atoms with Crippen molar-refractivity contribution in [3.63, 3.8) is 0 Å². The molecule has 2 atom stereocenters. The molecule has 1 fully saturated rings. The molecule has 1 aliphatic heterocycles. The number of piperidine rings is 1. The Hall–Kier alpha value is -3.98. The average Bonchev–Trinajstić information content (AvgIpc) is 3.57. The summed E-state index contributed by atoms with van der Waals surface area (Å²) in [5.41, 5.74) is -0.818. The minimum atomic E-state index is -4.70. The molecule has 6 rings (SSSR count). The van der Waals surface area contributed by atoms with Gasteiger partial charge in [-0.15, -0.1) is 5.10 Å². The fourth-order valence-electron chi connectivity index (χ4n) is 5.85. The second-order valence-corrected chi connectivity index (χ2v) is 12.2. The van der Waals surface area contributed by atoms with E-state index in [9.17, 15) is 30.8 Å². The number of pyridine rings is 1. The van der Waals surface area contributed by atoms with Crippen molar-refractivity contribution in [3.8, 4) is 5.69 Å². The maximum absolute atomic E-state index is 14.2. The Labute approximate surface area is 231 Å². The normalized spacial score (nSPS) is 21.3. The number of carbonyl (C=O) groups is 1. The van der Waals surface area contributed by atoms with Crippen molar-refractivity contribution in [1.29, 1.82) is 0 Å². The number of fused-ring (bicyclic) bond motifs is 2. The van der Waals surface area contributed by atoms with Crippen molar-refractivity contribution >= 4 is 15.8 Å². The number of halogens is 4. The summed E-state index contributed by atoms with van der Waals surface area (Å²) < 4.78 is 85.2. The summed E-state index contributed by atoms with van der Waals surface area (Å²) in [5.74, 6) is -1.53. The molecule has 15 heteroatoms. The van der Waals surface area contributed by atoms with Gasteiger partial charge in [0.2, 0.25) is 5.03 Å². The maximum atomic E-state index is 14.2. The molecule has 1 saturated heterocycles. The van der Waals surface area contributed by atoms with Crippen LogP contribution in [0.3, 0.4) is 0 Å². The molecular weight excluding hydrogens is 566 g/mol. The highest BCUT2D eigenvalue weighted by molar-refractivity contribution is 7.89. The quantitative estimate of drug-likeness (QED) is 0.259. The molecule has 0 unspecified atom stereocenters. The number of aryl methyl sites for hydroxylation is 1. The van der Waals surface area contributed by atoms with Gasteiger partial charge in [-0.05, 0) is 67.1 Å². The topological polar surface area (TPSA) is 116 Å². The first-order chi connectivity index (χ1) is 19.4. The SMILES string of the molecule is Cn1cc(S(=O)(=O)N2CC[C@H]3Cc4c(cnn4-c4ccc(F)cc4)C[C@]3(C(=O)c3cc(C(F)(F)F)ccn3)C2)nn1. The molecule has 3 aromatic heterocycles. The van der Waals surface area contributed by atoms with Crippen molar-refractivity contribution in [2.75, 3.05) is 13.1 Å². The number of rotatable bonds is 5. The summed E-state index contributed by atoms with van der Waals surface area (Å²) in [5, 5.41) is 11.6. The Bertz CT molecular complexity index is 1750. The third-order valence-corrected chi connectivity index (χ3v) is 9.60. The molecule has 2 aliphatic rings. The maximum Gasteiger partial charge on any atom is 0.416 e. The van der Waals surface area contributed by atoms with Crippen LogP contribution in [-0.2, 0) is 36.1 Å². The van der Waals surface area contributed by atoms with E-state index in [4.69, 9.17) is 0 Å². The molecule has 1 aliphatic carbocycles. The number of nitrogens with zero attached hydrogens (tertiary/aromatic N) is 7. The van der Waals surface area contributed by atoms with Crippen LogP contribution in [0, 0.1) is 17.2 Å². The minimum absolute atomic E-state index is 0.0252. The third kappa shape index (κ3) is 4.62. The zero-order valence-electron chi connectivity index (χ0n) is 21.6. The van der Waals surface area contributed by atoms with E-state index >= 15 is 0 Å². The fraction of sp³-hybridized carbons (Fsp3) is 0.346. The summed E-state index contributed by atoms with van der Waals surface area (Å²) in [4.78, 5) is 18.2. The van der Waals surface area contributed by atoms with Gasteiger partial charge in [-0.3, -0.25) is 14.5 Å². The number of alkyl halides is 3. The van der Waals surface area contributed by atoms with Gasteiger partial charge in [0.05, 0.1) is 29.1 Å². The van der Waals surface area contributed by atoms with Crippen LogP contribution >= 0.6 is 0 Å². The second kappa shape index (κ2) is 9.55. The van der Waals surface area contributed by atoms with Gasteiger partial charge in [-0.1, -0.05) is 5.21 Å². The molecule has 0 saturated carbocycles. The monoisotopic (exact) mass is 589 g/mol. The van der Waals surface area contributed by atoms with Gasteiger partial charge in [-0.2, -0.15) is 22.6 Å². The summed E-state index contributed by atoms with van der Waals surface area (Å²) in [6.07, 6.45) is -0.389. The molecule has 1 aromatic carbocycles. The first-order valence-corrected chi connectivity index (χ1v) is 14.1. The van der Waals surface area contributed by atoms with Crippen LogP contribution in [0.5, 0.6) is 0 Å². The van der Waals surface area contributed by atoms with E-state index in [1.165, 1.54) is 30.1 Å². The van der Waals surface area contributed by atoms with Crippen LogP contribution in [0.4, 0.5) is 17.6 Å². The van der Waals surface area contributed by atoms with Gasteiger partial charge in [-0.25, -0.2) is 17.5 Å². The van der Waals surface area contributed by atoms with E-state index < -0.39 is 50.4 Å². The number of carbonyl (C=O) groups excluding carboxylic acids is 1. The number of aromatic nitrogens is 6. The Kier molecular flexibility index (Phi) is 6.33. The molecule has 0 spiro atoms. The lowest BCUT2D eigenvalue weighted by Crippen LogP contribution is -2.57. The summed E-state index contributed by atoms with van der Waals surface area (Å²) in [6.45, 7) is -0.219. The molecular formula is C26H23F4N7O3S. The second-order valence-electron chi connectivity index (χ2n) is 10.4. The molecule has 0 N–H and O–H groups in total. The van der Waals surface area contributed by atoms with Gasteiger partial charge in [0.15, 0.2) is 5.78 Å². The van der Waals surface area contributed by atoms with Crippen LogP contribution in [0.25, 0.3) is 5.69 Å². The predicted octanol–water partition coefficient (Wildman–Crippen LogP) is 3.23. The van der Waals surface area contributed by atoms with E-state index in [1.807, 2.05) is 0 Å². The third-order valence-electron chi connectivity index (χ3n) is 7.90. The van der Waals surface area contributed by atoms with Gasteiger partial charge in [0, 0.05) is 32.0 Å². The van der Waals surface area contributed by atoms with Crippen molar-refractivity contribution in [1.82, 2.24) is 34.1 Å². The lowest BCUT2D eigenvalue weighted by atomic mass is 9.60. The average molecular weight is 590 g/mol. The van der Waals surface area contributed by atoms with Gasteiger partial charge < -0.3 is 0 Å². The predicted molar refractivity (Wildman–Crippen MR) is 135 cm³/mol. The first kappa shape index (κ1) is 27.2. The molecule has 10 nitrogen and oxygen atoms in total. The van der Waals surface area contributed by atoms with Gasteiger partial charge >= 0.3 is 6.18 Å². The summed E-state index contributed by atoms with van der Waals surface area (Å²) >= 11 is 0. The van der Waals surface area contributed by atoms with E-state index in [1.54, 1.807) is 23.0 Å². The number of hydrogen-bond donors (Lipinski definition) is 0. The first-order valence-electron chi connectivity index (χ1n) is 12.6. The molecule has 0 bridgehead atoms. The van der Waals surface area contributed by atoms with E-state index in [0.717, 1.165) is 22.3 Å². The largest absolute Gasteiger partial charge is 0.416 e. The Morgan fingerprint density at radius 3 is 2.59 bits per heavy atom. The highest BCUT2D eigenvalue weighted by atomic mass is 32.2. The Morgan fingerprint density at radius 2 is 1.90 bits per heavy atom. The number of benzene rings is 1. The molecule has 0 amide bonds. The van der Waals surface area contributed by atoms with Crippen LogP contribution in [0.2, 0.25) is 0 Å². The van der Waals surface area contributed by atoms with E-state index in [0.29, 0.717) is 23.7 Å². The van der Waals surface area contributed by atoms with Crippen molar-refractivity contribution in [2.45, 2.75) is 30.5 Å². The highest BCUT2D eigenvalue weighted by Gasteiger charge is 2.55. The van der Waals surface area contributed by atoms with Crippen molar-refractivity contribution in [2.24, 2.45) is 18.4 Å². The Balaban J connectivity index is 1.44. The lowest BCUT2D eigenvalue weighted by molar-refractivity contribution is -0.137. The summed E-state index contributed by atoms with van der Waals surface area (Å²) in [7, 11) is -2.65. The zero-order chi connectivity index (χ0) is 29.2. The zero-order valence-corrected chi connectivity index (χ0v) is 22.4. The van der Waals surface area contributed by atoms with E-state index in [-0.39, 0.29) is 31.0 Å². The number of hydrogen-bond acceptors (Lipinski definition) is 7. The van der Waals surface area contributed by atoms with Crippen LogP contribution < -0.4 is 0 Å². The summed E-state index contributed by atoms with van der Waals surface area (Å²) in [6, 6.07) is 7.23. The molecule has 214 valence electrons. The van der Waals surface area contributed by atoms with Crippen LogP contribution in [-0.4, -0.2) is 61.4 Å². The van der Waals surface area contributed by atoms with Gasteiger partial charge in [0.1, 0.15) is 11.5 Å². The van der Waals surface area contributed by atoms with Gasteiger partial charge in [0.25, 0.3) is 10.0 Å². The number of Topliss-reactive ketones (excluding diaryl/α,β-unsaturated/α-hetero) is 1. The molecule has 4 aromatic rings. The van der Waals surface area contributed by atoms with Crippen LogP contribution in [0.15, 0.2) is 60.0 Å². The number of ketones is 1. The number of sulfonamides is 1. The molecule has 0 radical (unpaired) electrons. The minimum Gasteiger partial charge on any atom is -0.292 e. The van der Waals surface area contributed by atoms with Crippen molar-refractivity contribution in [3.05, 3.63) is 83.3 Å². The van der Waals surface area contributed by atoms with Crippen molar-refractivity contribution < 1.29 is 30.8 Å². The molecule has 41 heavy (non-hydrogen) atoms. The fourth-order valence-corrected chi connectivity index (χ4v) is 7.29. The molecule has 4 heterocycles. The van der Waals surface area contributed by atoms with E-state index in [2.05, 4.69) is 20.4 Å². The Morgan fingerprint density at radius 1 is 1.15 bits per heavy atom. The van der Waals surface area contributed by atoms with Crippen LogP contribution in [0.1, 0.15) is 33.7 Å². The highest BCUT2D eigenvalue weighted by Crippen LogP contribution is 2.48. The lowest BCUT2D eigenvalue weighted by Gasteiger charge is -2.48. The standard InChI is InChI=1S/C26H23F4N7O3S/c1-35-14-23(33-34-35)41(39,40)36-9-7-17-11-22-16(13-32-37(22)20-4-2-19(27)3-5-20)12-25(17,15-36)24(38)21-10-18(6-8-31-21)26(28,29)30/h2-6,8,10,13-14,17H,7,9,11-12,15H2,1H3/t17-,25-/m0/s1.